The van der Waals surface area contributed by atoms with E-state index in [1.165, 1.54) is 6.92 Å². The molecule has 20 heavy (non-hydrogen) atoms. The van der Waals surface area contributed by atoms with Crippen LogP contribution < -0.4 is 4.74 Å². The first-order valence-corrected chi connectivity index (χ1v) is 6.94. The van der Waals surface area contributed by atoms with Crippen LogP contribution in [-0.2, 0) is 4.79 Å². The van der Waals surface area contributed by atoms with E-state index < -0.39 is 28.5 Å². The van der Waals surface area contributed by atoms with Crippen molar-refractivity contribution in [2.45, 2.75) is 38.0 Å². The van der Waals surface area contributed by atoms with Crippen molar-refractivity contribution in [3.8, 4) is 5.75 Å². The molecule has 1 N–H and O–H groups in total. The summed E-state index contributed by atoms with van der Waals surface area (Å²) >= 11 is 3.24. The Bertz CT molecular complexity index is 576. The zero-order chi connectivity index (χ0) is 15.1. The number of fused-ring (bicyclic) bond motifs is 1. The highest BCUT2D eigenvalue weighted by atomic mass is 79.9. The van der Waals surface area contributed by atoms with Gasteiger partial charge in [0.1, 0.15) is 5.75 Å². The molecule has 1 aromatic rings. The number of nitro groups is 1. The van der Waals surface area contributed by atoms with Crippen LogP contribution in [0, 0.1) is 10.1 Å². The molecule has 1 aliphatic heterocycles. The largest absolute Gasteiger partial charge is 0.472 e. The first-order valence-electron chi connectivity index (χ1n) is 6.14. The molecule has 0 aromatic heterocycles. The van der Waals surface area contributed by atoms with E-state index in [0.717, 1.165) is 0 Å². The summed E-state index contributed by atoms with van der Waals surface area (Å²) in [6.45, 7) is 2.97. The molecule has 0 saturated carbocycles. The van der Waals surface area contributed by atoms with E-state index in [1.54, 1.807) is 25.1 Å². The minimum Gasteiger partial charge on any atom is -0.472 e. The van der Waals surface area contributed by atoms with Gasteiger partial charge in [0.2, 0.25) is 5.60 Å². The van der Waals surface area contributed by atoms with Gasteiger partial charge < -0.3 is 9.84 Å². The molecule has 0 bridgehead atoms. The number of benzene rings is 1. The second-order valence-electron chi connectivity index (χ2n) is 4.84. The van der Waals surface area contributed by atoms with Crippen LogP contribution in [0.15, 0.2) is 22.7 Å². The zero-order valence-electron chi connectivity index (χ0n) is 11.0. The molecule has 0 fully saturated rings. The first-order chi connectivity index (χ1) is 9.31. The van der Waals surface area contributed by atoms with Crippen LogP contribution in [0.5, 0.6) is 5.75 Å². The lowest BCUT2D eigenvalue weighted by Crippen LogP contribution is -2.59. The summed E-state index contributed by atoms with van der Waals surface area (Å²) in [5.41, 5.74) is -1.36. The molecular formula is C13H14BrNO5. The van der Waals surface area contributed by atoms with Gasteiger partial charge in [0.25, 0.3) is 6.04 Å². The van der Waals surface area contributed by atoms with Gasteiger partial charge in [-0.15, -0.1) is 0 Å². The Labute approximate surface area is 124 Å². The molecule has 1 aromatic carbocycles. The zero-order valence-corrected chi connectivity index (χ0v) is 12.6. The Kier molecular flexibility index (Phi) is 3.84. The number of carbonyl (C=O) groups is 1. The lowest BCUT2D eigenvalue weighted by molar-refractivity contribution is -0.553. The Morgan fingerprint density at radius 1 is 1.60 bits per heavy atom. The number of carbonyl (C=O) groups excluding carboxylic acids is 1. The van der Waals surface area contributed by atoms with Crippen molar-refractivity contribution in [3.05, 3.63) is 38.3 Å². The second kappa shape index (κ2) is 5.14. The van der Waals surface area contributed by atoms with Gasteiger partial charge in [-0.25, -0.2) is 0 Å². The minimum absolute atomic E-state index is 0.0966. The summed E-state index contributed by atoms with van der Waals surface area (Å²) in [5.74, 6) is -0.116. The first kappa shape index (κ1) is 14.9. The number of aliphatic hydroxyl groups excluding tert-OH is 1. The standard InChI is InChI=1S/C13H14BrNO5/c1-3-10(16)13(2)12(15(18)19)11(17)8-6-7(14)4-5-9(8)20-13/h4-6,11-12,17H,3H2,1-2H3. The van der Waals surface area contributed by atoms with Crippen LogP contribution in [0.25, 0.3) is 0 Å². The fourth-order valence-corrected chi connectivity index (χ4v) is 2.87. The quantitative estimate of drug-likeness (QED) is 0.671. The minimum atomic E-state index is -1.67. The van der Waals surface area contributed by atoms with Crippen molar-refractivity contribution < 1.29 is 19.6 Å². The van der Waals surface area contributed by atoms with Crippen LogP contribution in [-0.4, -0.2) is 27.5 Å². The Hall–Kier alpha value is -1.47. The molecule has 3 unspecified atom stereocenters. The maximum atomic E-state index is 12.1. The fraction of sp³-hybridized carbons (Fsp3) is 0.462. The van der Waals surface area contributed by atoms with Gasteiger partial charge in [-0.2, -0.15) is 0 Å². The number of rotatable bonds is 3. The van der Waals surface area contributed by atoms with E-state index in [4.69, 9.17) is 4.74 Å². The Morgan fingerprint density at radius 2 is 2.25 bits per heavy atom. The number of hydrogen-bond donors (Lipinski definition) is 1. The molecule has 0 radical (unpaired) electrons. The number of hydrogen-bond acceptors (Lipinski definition) is 5. The molecule has 0 saturated heterocycles. The van der Waals surface area contributed by atoms with Crippen LogP contribution in [0.4, 0.5) is 0 Å². The van der Waals surface area contributed by atoms with E-state index in [-0.39, 0.29) is 6.42 Å². The fourth-order valence-electron chi connectivity index (χ4n) is 2.49. The predicted molar refractivity (Wildman–Crippen MR) is 74.2 cm³/mol. The van der Waals surface area contributed by atoms with E-state index in [1.807, 2.05) is 0 Å². The lowest BCUT2D eigenvalue weighted by atomic mass is 9.81. The normalized spacial score (nSPS) is 28.4. The number of nitrogens with zero attached hydrogens (tertiary/aromatic N) is 1. The van der Waals surface area contributed by atoms with Gasteiger partial charge in [-0.3, -0.25) is 14.9 Å². The molecule has 0 spiro atoms. The maximum Gasteiger partial charge on any atom is 0.288 e. The highest BCUT2D eigenvalue weighted by Crippen LogP contribution is 2.42. The van der Waals surface area contributed by atoms with Crippen LogP contribution >= 0.6 is 15.9 Å². The summed E-state index contributed by atoms with van der Waals surface area (Å²) in [5, 5.41) is 21.6. The van der Waals surface area contributed by atoms with Gasteiger partial charge in [0.15, 0.2) is 11.9 Å². The Morgan fingerprint density at radius 3 is 2.80 bits per heavy atom. The van der Waals surface area contributed by atoms with Crippen molar-refractivity contribution in [1.29, 1.82) is 0 Å². The van der Waals surface area contributed by atoms with Gasteiger partial charge in [0, 0.05) is 21.4 Å². The number of ketones is 1. The molecule has 1 heterocycles. The SMILES string of the molecule is CCC(=O)C1(C)Oc2ccc(Br)cc2C(O)C1[N+](=O)[O-]. The molecule has 0 aliphatic carbocycles. The van der Waals surface area contributed by atoms with Gasteiger partial charge in [-0.1, -0.05) is 22.9 Å². The monoisotopic (exact) mass is 343 g/mol. The molecule has 0 amide bonds. The van der Waals surface area contributed by atoms with Crippen LogP contribution in [0.1, 0.15) is 31.9 Å². The second-order valence-corrected chi connectivity index (χ2v) is 5.76. The molecule has 2 rings (SSSR count). The van der Waals surface area contributed by atoms with E-state index in [0.29, 0.717) is 15.8 Å². The average Bonchev–Trinajstić information content (AvgIpc) is 2.38. The number of aliphatic hydroxyl groups is 1. The molecule has 1 aliphatic rings. The molecular weight excluding hydrogens is 330 g/mol. The summed E-state index contributed by atoms with van der Waals surface area (Å²) in [4.78, 5) is 22.7. The van der Waals surface area contributed by atoms with Crippen LogP contribution in [0.2, 0.25) is 0 Å². The lowest BCUT2D eigenvalue weighted by Gasteiger charge is -2.38. The molecule has 3 atom stereocenters. The molecule has 7 heteroatoms. The maximum absolute atomic E-state index is 12.1. The summed E-state index contributed by atoms with van der Waals surface area (Å²) in [6, 6.07) is 3.30. The van der Waals surface area contributed by atoms with Gasteiger partial charge >= 0.3 is 0 Å². The van der Waals surface area contributed by atoms with Crippen molar-refractivity contribution in [1.82, 2.24) is 0 Å². The van der Waals surface area contributed by atoms with E-state index >= 15 is 0 Å². The van der Waals surface area contributed by atoms with E-state index in [2.05, 4.69) is 15.9 Å². The summed E-state index contributed by atoms with van der Waals surface area (Å²) < 4.78 is 6.27. The third kappa shape index (κ3) is 2.20. The summed E-state index contributed by atoms with van der Waals surface area (Å²) in [6.07, 6.45) is -1.30. The third-order valence-electron chi connectivity index (χ3n) is 3.58. The predicted octanol–water partition coefficient (Wildman–Crippen LogP) is 2.26. The number of Topliss-reactive ketones (excluding diaryl/α,β-unsaturated/α-hetero) is 1. The summed E-state index contributed by atoms with van der Waals surface area (Å²) in [7, 11) is 0. The van der Waals surface area contributed by atoms with Crippen molar-refractivity contribution in [2.75, 3.05) is 0 Å². The topological polar surface area (TPSA) is 89.7 Å². The van der Waals surface area contributed by atoms with Crippen molar-refractivity contribution >= 4 is 21.7 Å². The highest BCUT2D eigenvalue weighted by molar-refractivity contribution is 9.10. The number of ether oxygens (including phenoxy) is 1. The van der Waals surface area contributed by atoms with E-state index in [9.17, 15) is 20.0 Å². The molecule has 108 valence electrons. The smallest absolute Gasteiger partial charge is 0.288 e. The van der Waals surface area contributed by atoms with Crippen molar-refractivity contribution in [3.63, 3.8) is 0 Å². The van der Waals surface area contributed by atoms with Crippen LogP contribution in [0.3, 0.4) is 0 Å². The van der Waals surface area contributed by atoms with Gasteiger partial charge in [0.05, 0.1) is 0 Å². The van der Waals surface area contributed by atoms with Gasteiger partial charge in [-0.05, 0) is 25.1 Å². The third-order valence-corrected chi connectivity index (χ3v) is 4.07. The molecule has 6 nitrogen and oxygen atoms in total. The Balaban J connectivity index is 2.59. The number of halogens is 1. The average molecular weight is 344 g/mol. The van der Waals surface area contributed by atoms with Crippen molar-refractivity contribution in [2.24, 2.45) is 0 Å². The highest BCUT2D eigenvalue weighted by Gasteiger charge is 2.58.